The lowest BCUT2D eigenvalue weighted by atomic mass is 9.96. The molecule has 0 heterocycles. The Balaban J connectivity index is 3.88. The van der Waals surface area contributed by atoms with Crippen molar-refractivity contribution in [3.63, 3.8) is 0 Å². The minimum Gasteiger partial charge on any atom is -0.294 e. The minimum absolute atomic E-state index is 0.0987. The first-order chi connectivity index (χ1) is 5.04. The average Bonchev–Trinajstić information content (AvgIpc) is 1.99. The maximum atomic E-state index is 11.1. The maximum absolute atomic E-state index is 11.1. The van der Waals surface area contributed by atoms with Gasteiger partial charge in [-0.15, -0.1) is 0 Å². The molecule has 0 aliphatic rings. The molecular formula is C7H16N2OS. The Hall–Kier alpha value is -0.220. The number of thioether (sulfide) groups is 1. The molecule has 0 aromatic heterocycles. The van der Waals surface area contributed by atoms with Crippen LogP contribution in [-0.4, -0.2) is 17.4 Å². The van der Waals surface area contributed by atoms with E-state index in [-0.39, 0.29) is 11.3 Å². The van der Waals surface area contributed by atoms with Gasteiger partial charge in [0.05, 0.1) is 5.41 Å². The minimum atomic E-state index is -0.352. The van der Waals surface area contributed by atoms with Crippen LogP contribution in [-0.2, 0) is 4.79 Å². The molecule has 0 atom stereocenters. The van der Waals surface area contributed by atoms with Gasteiger partial charge in [-0.05, 0) is 5.75 Å². The third-order valence-electron chi connectivity index (χ3n) is 1.41. The van der Waals surface area contributed by atoms with Gasteiger partial charge in [-0.25, -0.2) is 5.84 Å². The number of hydrazine groups is 1. The highest BCUT2D eigenvalue weighted by Gasteiger charge is 2.26. The molecule has 3 nitrogen and oxygen atoms in total. The van der Waals surface area contributed by atoms with Gasteiger partial charge >= 0.3 is 0 Å². The first kappa shape index (κ1) is 10.8. The van der Waals surface area contributed by atoms with Gasteiger partial charge in [0.15, 0.2) is 0 Å². The largest absolute Gasteiger partial charge is 0.294 e. The van der Waals surface area contributed by atoms with Gasteiger partial charge in [0.1, 0.15) is 0 Å². The normalized spacial score (nSPS) is 11.3. The Morgan fingerprint density at radius 3 is 2.55 bits per heavy atom. The van der Waals surface area contributed by atoms with E-state index in [0.29, 0.717) is 0 Å². The smallest absolute Gasteiger partial charge is 0.240 e. The van der Waals surface area contributed by atoms with Crippen molar-refractivity contribution in [3.05, 3.63) is 0 Å². The lowest BCUT2D eigenvalue weighted by Gasteiger charge is -2.20. The molecule has 0 fully saturated rings. The molecular weight excluding hydrogens is 160 g/mol. The summed E-state index contributed by atoms with van der Waals surface area (Å²) in [5.41, 5.74) is 1.81. The number of hydrogen-bond donors (Lipinski definition) is 2. The molecule has 0 saturated heterocycles. The molecule has 0 radical (unpaired) electrons. The van der Waals surface area contributed by atoms with Gasteiger partial charge in [0.2, 0.25) is 5.91 Å². The molecule has 0 aromatic carbocycles. The van der Waals surface area contributed by atoms with Crippen LogP contribution in [0.2, 0.25) is 0 Å². The molecule has 0 bridgehead atoms. The zero-order chi connectivity index (χ0) is 8.91. The Kier molecular flexibility index (Phi) is 4.52. The van der Waals surface area contributed by atoms with E-state index in [2.05, 4.69) is 12.3 Å². The fourth-order valence-electron chi connectivity index (χ4n) is 0.618. The molecule has 0 aromatic rings. The van der Waals surface area contributed by atoms with Crippen molar-refractivity contribution >= 4 is 17.7 Å². The van der Waals surface area contributed by atoms with Crippen molar-refractivity contribution < 1.29 is 4.79 Å². The number of carbonyl (C=O) groups excluding carboxylic acids is 1. The summed E-state index contributed by atoms with van der Waals surface area (Å²) in [6.07, 6.45) is 0. The number of nitrogens with two attached hydrogens (primary N) is 1. The van der Waals surface area contributed by atoms with E-state index in [1.807, 2.05) is 13.8 Å². The number of rotatable bonds is 4. The van der Waals surface area contributed by atoms with Gasteiger partial charge in [-0.2, -0.15) is 11.8 Å². The molecule has 1 amide bonds. The molecule has 66 valence electrons. The fraction of sp³-hybridized carbons (Fsp3) is 0.857. The maximum Gasteiger partial charge on any atom is 0.240 e. The van der Waals surface area contributed by atoms with E-state index >= 15 is 0 Å². The second kappa shape index (κ2) is 4.62. The van der Waals surface area contributed by atoms with Gasteiger partial charge < -0.3 is 0 Å². The number of hydrogen-bond acceptors (Lipinski definition) is 3. The summed E-state index contributed by atoms with van der Waals surface area (Å²) in [4.78, 5) is 11.1. The van der Waals surface area contributed by atoms with Crippen LogP contribution < -0.4 is 11.3 Å². The lowest BCUT2D eigenvalue weighted by molar-refractivity contribution is -0.128. The van der Waals surface area contributed by atoms with Gasteiger partial charge in [-0.1, -0.05) is 20.8 Å². The van der Waals surface area contributed by atoms with E-state index in [9.17, 15) is 4.79 Å². The van der Waals surface area contributed by atoms with Crippen molar-refractivity contribution in [2.45, 2.75) is 20.8 Å². The van der Waals surface area contributed by atoms with E-state index in [4.69, 9.17) is 5.84 Å². The highest BCUT2D eigenvalue weighted by atomic mass is 32.2. The highest BCUT2D eigenvalue weighted by Crippen LogP contribution is 2.21. The molecule has 0 aliphatic heterocycles. The van der Waals surface area contributed by atoms with E-state index in [0.717, 1.165) is 11.5 Å². The predicted molar refractivity (Wildman–Crippen MR) is 49.1 cm³/mol. The van der Waals surface area contributed by atoms with Crippen molar-refractivity contribution in [2.24, 2.45) is 11.3 Å². The van der Waals surface area contributed by atoms with E-state index < -0.39 is 0 Å². The Morgan fingerprint density at radius 2 is 2.18 bits per heavy atom. The quantitative estimate of drug-likeness (QED) is 0.378. The van der Waals surface area contributed by atoms with Gasteiger partial charge in [0, 0.05) is 5.75 Å². The second-order valence-electron chi connectivity index (χ2n) is 2.99. The van der Waals surface area contributed by atoms with Crippen LogP contribution in [0.25, 0.3) is 0 Å². The average molecular weight is 176 g/mol. The monoisotopic (exact) mass is 176 g/mol. The zero-order valence-corrected chi connectivity index (χ0v) is 8.12. The molecule has 3 N–H and O–H groups in total. The summed E-state index contributed by atoms with van der Waals surface area (Å²) in [5, 5.41) is 0. The Labute approximate surface area is 72.1 Å². The second-order valence-corrected chi connectivity index (χ2v) is 4.27. The third-order valence-corrected chi connectivity index (χ3v) is 2.75. The van der Waals surface area contributed by atoms with Gasteiger partial charge in [0.25, 0.3) is 0 Å². The number of nitrogens with one attached hydrogen (secondary N) is 1. The summed E-state index contributed by atoms with van der Waals surface area (Å²) < 4.78 is 0. The van der Waals surface area contributed by atoms with Crippen LogP contribution in [0.3, 0.4) is 0 Å². The highest BCUT2D eigenvalue weighted by molar-refractivity contribution is 7.99. The molecule has 0 spiro atoms. The standard InChI is InChI=1S/C7H16N2OS/c1-4-11-5-7(2,3)6(10)9-8/h4-5,8H2,1-3H3,(H,9,10). The summed E-state index contributed by atoms with van der Waals surface area (Å²) in [6.45, 7) is 5.84. The van der Waals surface area contributed by atoms with Crippen LogP contribution in [0, 0.1) is 5.41 Å². The fourth-order valence-corrected chi connectivity index (χ4v) is 1.46. The van der Waals surface area contributed by atoms with Crippen LogP contribution in [0.1, 0.15) is 20.8 Å². The lowest BCUT2D eigenvalue weighted by Crippen LogP contribution is -2.42. The van der Waals surface area contributed by atoms with Crippen molar-refractivity contribution in [2.75, 3.05) is 11.5 Å². The molecule has 0 rings (SSSR count). The number of amides is 1. The van der Waals surface area contributed by atoms with Crippen LogP contribution in [0.5, 0.6) is 0 Å². The summed E-state index contributed by atoms with van der Waals surface area (Å²) in [5.74, 6) is 6.76. The topological polar surface area (TPSA) is 55.1 Å². The van der Waals surface area contributed by atoms with Crippen molar-refractivity contribution in [3.8, 4) is 0 Å². The molecule has 4 heteroatoms. The van der Waals surface area contributed by atoms with Crippen molar-refractivity contribution in [1.29, 1.82) is 0 Å². The molecule has 0 aliphatic carbocycles. The summed E-state index contributed by atoms with van der Waals surface area (Å²) in [6, 6.07) is 0. The zero-order valence-electron chi connectivity index (χ0n) is 7.31. The van der Waals surface area contributed by atoms with Crippen molar-refractivity contribution in [1.82, 2.24) is 5.43 Å². The van der Waals surface area contributed by atoms with Crippen LogP contribution in [0.4, 0.5) is 0 Å². The SMILES string of the molecule is CCSCC(C)(C)C(=O)NN. The summed E-state index contributed by atoms with van der Waals surface area (Å²) >= 11 is 1.74. The van der Waals surface area contributed by atoms with E-state index in [1.165, 1.54) is 0 Å². The first-order valence-electron chi connectivity index (χ1n) is 3.63. The Morgan fingerprint density at radius 1 is 1.64 bits per heavy atom. The third kappa shape index (κ3) is 3.62. The van der Waals surface area contributed by atoms with E-state index in [1.54, 1.807) is 11.8 Å². The number of carbonyl (C=O) groups is 1. The molecule has 0 unspecified atom stereocenters. The predicted octanol–water partition coefficient (Wildman–Crippen LogP) is 0.756. The van der Waals surface area contributed by atoms with Crippen LogP contribution >= 0.6 is 11.8 Å². The Bertz CT molecular complexity index is 136. The van der Waals surface area contributed by atoms with Crippen LogP contribution in [0.15, 0.2) is 0 Å². The molecule has 11 heavy (non-hydrogen) atoms. The summed E-state index contributed by atoms with van der Waals surface area (Å²) in [7, 11) is 0. The first-order valence-corrected chi connectivity index (χ1v) is 4.79. The van der Waals surface area contributed by atoms with Gasteiger partial charge in [-0.3, -0.25) is 10.2 Å². The molecule has 0 saturated carbocycles.